The fourth-order valence-electron chi connectivity index (χ4n) is 4.31. The average molecular weight is 381 g/mol. The zero-order valence-corrected chi connectivity index (χ0v) is 16.2. The van der Waals surface area contributed by atoms with Gasteiger partial charge in [0.2, 0.25) is 0 Å². The molecule has 144 valence electrons. The monoisotopic (exact) mass is 381 g/mol. The Morgan fingerprint density at radius 1 is 0.931 bits per heavy atom. The van der Waals surface area contributed by atoms with Crippen LogP contribution in [-0.2, 0) is 17.6 Å². The predicted molar refractivity (Wildman–Crippen MR) is 116 cm³/mol. The Balaban J connectivity index is 1.17. The maximum atomic E-state index is 12.2. The average Bonchev–Trinajstić information content (AvgIpc) is 3.05. The minimum atomic E-state index is -0.381. The zero-order valence-electron chi connectivity index (χ0n) is 16.2. The summed E-state index contributed by atoms with van der Waals surface area (Å²) >= 11 is 0. The summed E-state index contributed by atoms with van der Waals surface area (Å²) in [5.74, 6) is 0.0890. The molecule has 0 saturated heterocycles. The molecule has 29 heavy (non-hydrogen) atoms. The van der Waals surface area contributed by atoms with Crippen molar-refractivity contribution in [1.29, 1.82) is 0 Å². The van der Waals surface area contributed by atoms with Gasteiger partial charge in [-0.25, -0.2) is 4.79 Å². The summed E-state index contributed by atoms with van der Waals surface area (Å²) in [6.45, 7) is 0.794. The molecular weight excluding hydrogens is 358 g/mol. The molecular formula is C26H23NO2. The smallest absolute Gasteiger partial charge is 0.407 e. The summed E-state index contributed by atoms with van der Waals surface area (Å²) in [6.07, 6.45) is 6.00. The molecule has 0 aromatic heterocycles. The number of ether oxygens (including phenoxy) is 1. The van der Waals surface area contributed by atoms with Crippen LogP contribution in [0.15, 0.2) is 72.8 Å². The maximum Gasteiger partial charge on any atom is 0.407 e. The molecule has 3 aromatic rings. The molecule has 0 aliphatic heterocycles. The van der Waals surface area contributed by atoms with Gasteiger partial charge in [-0.05, 0) is 51.8 Å². The van der Waals surface area contributed by atoms with E-state index in [1.165, 1.54) is 51.8 Å². The fraction of sp³-hybridized carbons (Fsp3) is 0.192. The van der Waals surface area contributed by atoms with Crippen LogP contribution >= 0.6 is 0 Å². The van der Waals surface area contributed by atoms with E-state index < -0.39 is 0 Å². The SMILES string of the molecule is O=C(NCC=Cc1ccc2c(c1)CC2)OCC1c2ccccc2-c2ccccc21. The van der Waals surface area contributed by atoms with Gasteiger partial charge in [0.05, 0.1) is 0 Å². The van der Waals surface area contributed by atoms with E-state index in [0.717, 1.165) is 0 Å². The number of alkyl carbamates (subject to hydrolysis) is 1. The Hall–Kier alpha value is -3.33. The number of amides is 1. The second-order valence-corrected chi connectivity index (χ2v) is 7.64. The number of benzene rings is 3. The third-order valence-electron chi connectivity index (χ3n) is 5.91. The number of carbonyl (C=O) groups excluding carboxylic acids is 1. The zero-order chi connectivity index (χ0) is 19.6. The highest BCUT2D eigenvalue weighted by atomic mass is 16.5. The number of rotatable bonds is 5. The van der Waals surface area contributed by atoms with Crippen molar-refractivity contribution in [2.45, 2.75) is 18.8 Å². The summed E-state index contributed by atoms with van der Waals surface area (Å²) in [4.78, 5) is 12.2. The van der Waals surface area contributed by atoms with E-state index in [4.69, 9.17) is 4.74 Å². The molecule has 3 nitrogen and oxygen atoms in total. The van der Waals surface area contributed by atoms with Gasteiger partial charge in [-0.2, -0.15) is 0 Å². The van der Waals surface area contributed by atoms with Gasteiger partial charge < -0.3 is 10.1 Å². The molecule has 0 spiro atoms. The highest BCUT2D eigenvalue weighted by Gasteiger charge is 2.28. The van der Waals surface area contributed by atoms with Crippen molar-refractivity contribution in [1.82, 2.24) is 5.32 Å². The van der Waals surface area contributed by atoms with E-state index in [-0.39, 0.29) is 12.0 Å². The lowest BCUT2D eigenvalue weighted by Gasteiger charge is -2.18. The van der Waals surface area contributed by atoms with Gasteiger partial charge in [0.25, 0.3) is 0 Å². The van der Waals surface area contributed by atoms with Crippen molar-refractivity contribution in [3.05, 3.63) is 101 Å². The van der Waals surface area contributed by atoms with Crippen LogP contribution in [-0.4, -0.2) is 19.2 Å². The number of nitrogens with one attached hydrogen (secondary N) is 1. The summed E-state index contributed by atoms with van der Waals surface area (Å²) < 4.78 is 5.55. The van der Waals surface area contributed by atoms with Crippen LogP contribution in [0, 0.1) is 0 Å². The van der Waals surface area contributed by atoms with Crippen LogP contribution < -0.4 is 5.32 Å². The van der Waals surface area contributed by atoms with Crippen LogP contribution in [0.25, 0.3) is 17.2 Å². The number of hydrogen-bond acceptors (Lipinski definition) is 2. The van der Waals surface area contributed by atoms with Crippen molar-refractivity contribution >= 4 is 12.2 Å². The molecule has 0 fully saturated rings. The molecule has 0 radical (unpaired) electrons. The molecule has 2 aliphatic rings. The Morgan fingerprint density at radius 3 is 2.28 bits per heavy atom. The number of hydrogen-bond donors (Lipinski definition) is 1. The summed E-state index contributed by atoms with van der Waals surface area (Å²) in [5, 5.41) is 2.82. The quantitative estimate of drug-likeness (QED) is 0.648. The van der Waals surface area contributed by atoms with E-state index in [1.807, 2.05) is 24.3 Å². The van der Waals surface area contributed by atoms with E-state index in [1.54, 1.807) is 0 Å². The molecule has 2 aliphatic carbocycles. The molecule has 0 saturated carbocycles. The van der Waals surface area contributed by atoms with Gasteiger partial charge in [-0.1, -0.05) is 78.9 Å². The molecule has 0 atom stereocenters. The summed E-state index contributed by atoms with van der Waals surface area (Å²) in [6, 6.07) is 23.2. The third-order valence-corrected chi connectivity index (χ3v) is 5.91. The Morgan fingerprint density at radius 2 is 1.62 bits per heavy atom. The van der Waals surface area contributed by atoms with E-state index >= 15 is 0 Å². The minimum Gasteiger partial charge on any atom is -0.449 e. The number of carbonyl (C=O) groups is 1. The van der Waals surface area contributed by atoms with Crippen LogP contribution in [0.1, 0.15) is 33.7 Å². The van der Waals surface area contributed by atoms with Gasteiger partial charge in [-0.15, -0.1) is 0 Å². The van der Waals surface area contributed by atoms with E-state index in [9.17, 15) is 4.79 Å². The fourth-order valence-corrected chi connectivity index (χ4v) is 4.31. The minimum absolute atomic E-state index is 0.0890. The van der Waals surface area contributed by atoms with Gasteiger partial charge >= 0.3 is 6.09 Å². The Bertz CT molecular complexity index is 1050. The van der Waals surface area contributed by atoms with Crippen LogP contribution in [0.3, 0.4) is 0 Å². The van der Waals surface area contributed by atoms with Crippen LogP contribution in [0.2, 0.25) is 0 Å². The third kappa shape index (κ3) is 3.44. The van der Waals surface area contributed by atoms with Gasteiger partial charge in [0.15, 0.2) is 0 Å². The first kappa shape index (κ1) is 17.7. The van der Waals surface area contributed by atoms with E-state index in [2.05, 4.69) is 59.9 Å². The maximum absolute atomic E-state index is 12.2. The van der Waals surface area contributed by atoms with Crippen LogP contribution in [0.5, 0.6) is 0 Å². The van der Waals surface area contributed by atoms with Crippen molar-refractivity contribution in [2.24, 2.45) is 0 Å². The van der Waals surface area contributed by atoms with E-state index in [0.29, 0.717) is 13.2 Å². The van der Waals surface area contributed by atoms with Gasteiger partial charge in [0, 0.05) is 12.5 Å². The summed E-state index contributed by atoms with van der Waals surface area (Å²) in [7, 11) is 0. The molecule has 0 bridgehead atoms. The molecule has 5 rings (SSSR count). The molecule has 3 aromatic carbocycles. The Kier molecular flexibility index (Phi) is 4.65. The van der Waals surface area contributed by atoms with Crippen molar-refractivity contribution in [2.75, 3.05) is 13.2 Å². The van der Waals surface area contributed by atoms with Gasteiger partial charge in [-0.3, -0.25) is 0 Å². The largest absolute Gasteiger partial charge is 0.449 e. The second-order valence-electron chi connectivity index (χ2n) is 7.64. The standard InChI is InChI=1S/C26H23NO2/c28-26(27-15-5-6-18-11-12-19-13-14-20(19)16-18)29-17-25-23-9-3-1-7-21(23)22-8-2-4-10-24(22)25/h1-12,16,25H,13-15,17H2,(H,27,28). The van der Waals surface area contributed by atoms with Gasteiger partial charge in [0.1, 0.15) is 6.61 Å². The first-order valence-electron chi connectivity index (χ1n) is 10.2. The normalized spacial score (nSPS) is 14.1. The molecule has 1 amide bonds. The topological polar surface area (TPSA) is 38.3 Å². The first-order valence-corrected chi connectivity index (χ1v) is 10.2. The first-order chi connectivity index (χ1) is 14.3. The lowest BCUT2D eigenvalue weighted by atomic mass is 9.87. The Labute approximate surface area is 171 Å². The highest BCUT2D eigenvalue weighted by molar-refractivity contribution is 5.79. The van der Waals surface area contributed by atoms with Crippen molar-refractivity contribution in [3.8, 4) is 11.1 Å². The van der Waals surface area contributed by atoms with Crippen molar-refractivity contribution in [3.63, 3.8) is 0 Å². The van der Waals surface area contributed by atoms with Crippen molar-refractivity contribution < 1.29 is 9.53 Å². The van der Waals surface area contributed by atoms with Crippen LogP contribution in [0.4, 0.5) is 4.79 Å². The predicted octanol–water partition coefficient (Wildman–Crippen LogP) is 5.34. The molecule has 1 N–H and O–H groups in total. The highest BCUT2D eigenvalue weighted by Crippen LogP contribution is 2.44. The second kappa shape index (κ2) is 7.59. The lowest BCUT2D eigenvalue weighted by Crippen LogP contribution is -2.26. The number of aryl methyl sites for hydroxylation is 2. The summed E-state index contributed by atoms with van der Waals surface area (Å²) in [5.41, 5.74) is 9.00. The number of fused-ring (bicyclic) bond motifs is 4. The lowest BCUT2D eigenvalue weighted by molar-refractivity contribution is 0.144. The molecule has 0 unspecified atom stereocenters. The molecule has 0 heterocycles. The molecule has 3 heteroatoms.